The fraction of sp³-hybridized carbons (Fsp3) is 1.00. The van der Waals surface area contributed by atoms with E-state index in [1.54, 1.807) is 0 Å². The summed E-state index contributed by atoms with van der Waals surface area (Å²) in [5.74, 6) is 0. The van der Waals surface area contributed by atoms with E-state index >= 15 is 0 Å². The highest BCUT2D eigenvalue weighted by molar-refractivity contribution is 9.09. The SMILES string of the molecule is CCCCCC([O])Br. The minimum absolute atomic E-state index is 0.533. The van der Waals surface area contributed by atoms with Crippen LogP contribution in [0, 0.1) is 0 Å². The number of hydrogen-bond acceptors (Lipinski definition) is 0. The first kappa shape index (κ1) is 8.44. The van der Waals surface area contributed by atoms with Crippen LogP contribution < -0.4 is 0 Å². The molecular weight excluding hydrogens is 168 g/mol. The number of rotatable bonds is 4. The van der Waals surface area contributed by atoms with E-state index in [2.05, 4.69) is 22.9 Å². The first-order valence-electron chi connectivity index (χ1n) is 3.07. The Morgan fingerprint density at radius 2 is 2.12 bits per heavy atom. The van der Waals surface area contributed by atoms with Crippen LogP contribution in [0.4, 0.5) is 0 Å². The van der Waals surface area contributed by atoms with Crippen LogP contribution >= 0.6 is 15.9 Å². The molecule has 0 aliphatic carbocycles. The minimum atomic E-state index is -0.533. The Kier molecular flexibility index (Phi) is 5.88. The Morgan fingerprint density at radius 1 is 1.50 bits per heavy atom. The third-order valence-corrected chi connectivity index (χ3v) is 1.49. The van der Waals surface area contributed by atoms with Crippen molar-refractivity contribution >= 4 is 15.9 Å². The molecule has 0 aliphatic rings. The molecule has 0 amide bonds. The van der Waals surface area contributed by atoms with Crippen molar-refractivity contribution < 1.29 is 5.11 Å². The van der Waals surface area contributed by atoms with Gasteiger partial charge in [0.05, 0.1) is 0 Å². The molecule has 0 heterocycles. The van der Waals surface area contributed by atoms with Gasteiger partial charge in [0.1, 0.15) is 5.01 Å². The van der Waals surface area contributed by atoms with Gasteiger partial charge in [-0.05, 0) is 12.8 Å². The van der Waals surface area contributed by atoms with E-state index in [0.717, 1.165) is 12.8 Å². The molecule has 0 saturated heterocycles. The van der Waals surface area contributed by atoms with Gasteiger partial charge in [0, 0.05) is 0 Å². The summed E-state index contributed by atoms with van der Waals surface area (Å²) in [7, 11) is 0. The van der Waals surface area contributed by atoms with Gasteiger partial charge in [-0.3, -0.25) is 0 Å². The second-order valence-electron chi connectivity index (χ2n) is 1.91. The van der Waals surface area contributed by atoms with Crippen LogP contribution in [0.1, 0.15) is 32.6 Å². The van der Waals surface area contributed by atoms with E-state index in [9.17, 15) is 5.11 Å². The molecule has 0 N–H and O–H groups in total. The van der Waals surface area contributed by atoms with Gasteiger partial charge in [-0.25, -0.2) is 5.11 Å². The van der Waals surface area contributed by atoms with E-state index < -0.39 is 5.01 Å². The van der Waals surface area contributed by atoms with E-state index in [0.29, 0.717) is 0 Å². The summed E-state index contributed by atoms with van der Waals surface area (Å²) in [5.41, 5.74) is 0. The number of unbranched alkanes of at least 4 members (excludes halogenated alkanes) is 2. The highest BCUT2D eigenvalue weighted by atomic mass is 79.9. The molecule has 0 aromatic heterocycles. The third-order valence-electron chi connectivity index (χ3n) is 1.03. The van der Waals surface area contributed by atoms with Crippen molar-refractivity contribution in [1.82, 2.24) is 0 Å². The molecule has 8 heavy (non-hydrogen) atoms. The zero-order valence-corrected chi connectivity index (χ0v) is 6.78. The summed E-state index contributed by atoms with van der Waals surface area (Å²) in [6.07, 6.45) is 4.22. The van der Waals surface area contributed by atoms with Crippen LogP contribution in [-0.4, -0.2) is 5.01 Å². The van der Waals surface area contributed by atoms with E-state index in [-0.39, 0.29) is 0 Å². The van der Waals surface area contributed by atoms with Crippen LogP contribution in [0.25, 0.3) is 0 Å². The van der Waals surface area contributed by atoms with Crippen LogP contribution in [0.3, 0.4) is 0 Å². The molecule has 0 spiro atoms. The second kappa shape index (κ2) is 5.57. The van der Waals surface area contributed by atoms with Crippen molar-refractivity contribution in [3.8, 4) is 0 Å². The van der Waals surface area contributed by atoms with Gasteiger partial charge in [-0.2, -0.15) is 0 Å². The fourth-order valence-corrected chi connectivity index (χ4v) is 0.879. The predicted molar refractivity (Wildman–Crippen MR) is 37.5 cm³/mol. The lowest BCUT2D eigenvalue weighted by atomic mass is 10.2. The standard InChI is InChI=1S/C6H12BrO/c1-2-3-4-5-6(7)8/h6H,2-5H2,1H3. The Labute approximate surface area is 59.2 Å². The molecule has 2 heteroatoms. The maximum absolute atomic E-state index is 10.3. The first-order chi connectivity index (χ1) is 3.77. The quantitative estimate of drug-likeness (QED) is 0.468. The lowest BCUT2D eigenvalue weighted by molar-refractivity contribution is 0.160. The predicted octanol–water partition coefficient (Wildman–Crippen LogP) is 2.72. The van der Waals surface area contributed by atoms with Crippen molar-refractivity contribution in [2.24, 2.45) is 0 Å². The van der Waals surface area contributed by atoms with Gasteiger partial charge in [0.25, 0.3) is 0 Å². The van der Waals surface area contributed by atoms with Gasteiger partial charge in [-0.1, -0.05) is 35.7 Å². The minimum Gasteiger partial charge on any atom is -0.221 e. The average Bonchev–Trinajstić information content (AvgIpc) is 1.66. The summed E-state index contributed by atoms with van der Waals surface area (Å²) in [4.78, 5) is 0. The lowest BCUT2D eigenvalue weighted by Gasteiger charge is -1.96. The molecule has 0 aromatic carbocycles. The van der Waals surface area contributed by atoms with Crippen LogP contribution in [0.5, 0.6) is 0 Å². The smallest absolute Gasteiger partial charge is 0.147 e. The monoisotopic (exact) mass is 179 g/mol. The molecule has 1 nitrogen and oxygen atoms in total. The summed E-state index contributed by atoms with van der Waals surface area (Å²) in [6.45, 7) is 2.13. The molecule has 0 aromatic rings. The molecule has 0 saturated carbocycles. The normalized spacial score (nSPS) is 13.9. The Morgan fingerprint density at radius 3 is 2.50 bits per heavy atom. The van der Waals surface area contributed by atoms with Gasteiger partial charge in [-0.15, -0.1) is 0 Å². The molecule has 1 unspecified atom stereocenters. The van der Waals surface area contributed by atoms with Crippen molar-refractivity contribution in [1.29, 1.82) is 0 Å². The van der Waals surface area contributed by atoms with Gasteiger partial charge >= 0.3 is 0 Å². The largest absolute Gasteiger partial charge is 0.221 e. The summed E-state index contributed by atoms with van der Waals surface area (Å²) >= 11 is 2.95. The number of alkyl halides is 1. The maximum atomic E-state index is 10.3. The van der Waals surface area contributed by atoms with Crippen molar-refractivity contribution in [3.05, 3.63) is 0 Å². The van der Waals surface area contributed by atoms with Gasteiger partial charge < -0.3 is 0 Å². The summed E-state index contributed by atoms with van der Waals surface area (Å²) in [5, 5.41) is 9.79. The summed E-state index contributed by atoms with van der Waals surface area (Å²) < 4.78 is 0. The van der Waals surface area contributed by atoms with E-state index in [1.807, 2.05) is 0 Å². The molecule has 1 radical (unpaired) electrons. The molecular formula is C6H12BrO. The molecule has 49 valence electrons. The van der Waals surface area contributed by atoms with E-state index in [4.69, 9.17) is 0 Å². The van der Waals surface area contributed by atoms with Crippen molar-refractivity contribution in [3.63, 3.8) is 0 Å². The maximum Gasteiger partial charge on any atom is 0.147 e. The van der Waals surface area contributed by atoms with Crippen LogP contribution in [-0.2, 0) is 5.11 Å². The first-order valence-corrected chi connectivity index (χ1v) is 3.98. The van der Waals surface area contributed by atoms with Crippen molar-refractivity contribution in [2.75, 3.05) is 0 Å². The molecule has 0 aliphatic heterocycles. The summed E-state index contributed by atoms with van der Waals surface area (Å²) in [6, 6.07) is 0. The average molecular weight is 180 g/mol. The highest BCUT2D eigenvalue weighted by Crippen LogP contribution is 2.07. The van der Waals surface area contributed by atoms with E-state index in [1.165, 1.54) is 12.8 Å². The second-order valence-corrected chi connectivity index (χ2v) is 2.93. The Bertz CT molecular complexity index is 45.8. The number of halogens is 1. The van der Waals surface area contributed by atoms with Crippen LogP contribution in [0.15, 0.2) is 0 Å². The zero-order chi connectivity index (χ0) is 6.41. The van der Waals surface area contributed by atoms with Crippen molar-refractivity contribution in [2.45, 2.75) is 37.6 Å². The third kappa shape index (κ3) is 6.44. The lowest BCUT2D eigenvalue weighted by Crippen LogP contribution is -1.90. The zero-order valence-electron chi connectivity index (χ0n) is 5.19. The molecule has 0 fully saturated rings. The van der Waals surface area contributed by atoms with Crippen LogP contribution in [0.2, 0.25) is 0 Å². The fourth-order valence-electron chi connectivity index (χ4n) is 0.555. The number of hydrogen-bond donors (Lipinski definition) is 0. The Balaban J connectivity index is 2.72. The Hall–Kier alpha value is 0.440. The topological polar surface area (TPSA) is 19.9 Å². The molecule has 0 rings (SSSR count). The molecule has 1 atom stereocenters. The molecule has 0 bridgehead atoms. The van der Waals surface area contributed by atoms with Gasteiger partial charge in [0.2, 0.25) is 0 Å². The highest BCUT2D eigenvalue weighted by Gasteiger charge is 1.96. The van der Waals surface area contributed by atoms with Gasteiger partial charge in [0.15, 0.2) is 0 Å².